The number of sulfonamides is 1. The molecule has 7 nitrogen and oxygen atoms in total. The Bertz CT molecular complexity index is 981. The zero-order valence-electron chi connectivity index (χ0n) is 14.4. The van der Waals surface area contributed by atoms with Gasteiger partial charge in [-0.2, -0.15) is 0 Å². The number of fused-ring (bicyclic) bond motifs is 1. The van der Waals surface area contributed by atoms with Crippen LogP contribution in [-0.2, 0) is 10.0 Å². The Morgan fingerprint density at radius 1 is 1.08 bits per heavy atom. The van der Waals surface area contributed by atoms with E-state index in [0.29, 0.717) is 36.1 Å². The number of aromatic nitrogens is 3. The summed E-state index contributed by atoms with van der Waals surface area (Å²) in [7, 11) is -3.70. The number of aryl methyl sites for hydroxylation is 1. The van der Waals surface area contributed by atoms with Crippen molar-refractivity contribution in [1.82, 2.24) is 14.6 Å². The number of hydrogen-bond donors (Lipinski definition) is 0. The van der Waals surface area contributed by atoms with Gasteiger partial charge in [0.25, 0.3) is 10.0 Å². The van der Waals surface area contributed by atoms with Gasteiger partial charge in [0.1, 0.15) is 16.5 Å². The Labute approximate surface area is 146 Å². The normalized spacial score (nSPS) is 11.6. The molecule has 0 saturated heterocycles. The molecule has 25 heavy (non-hydrogen) atoms. The van der Waals surface area contributed by atoms with Gasteiger partial charge in [0, 0.05) is 12.7 Å². The molecule has 0 fully saturated rings. The van der Waals surface area contributed by atoms with E-state index in [1.165, 1.54) is 4.31 Å². The minimum atomic E-state index is -3.70. The average molecular weight is 360 g/mol. The molecule has 0 aliphatic carbocycles. The van der Waals surface area contributed by atoms with Crippen molar-refractivity contribution in [1.29, 1.82) is 0 Å². The lowest BCUT2D eigenvalue weighted by Crippen LogP contribution is -2.30. The second kappa shape index (κ2) is 6.72. The van der Waals surface area contributed by atoms with E-state index in [4.69, 9.17) is 4.74 Å². The highest BCUT2D eigenvalue weighted by Crippen LogP contribution is 2.26. The molecule has 2 aromatic heterocycles. The number of benzene rings is 1. The van der Waals surface area contributed by atoms with E-state index in [1.807, 2.05) is 6.92 Å². The van der Waals surface area contributed by atoms with Gasteiger partial charge < -0.3 is 4.74 Å². The number of pyridine rings is 1. The molecule has 0 bridgehead atoms. The molecule has 2 heterocycles. The highest BCUT2D eigenvalue weighted by atomic mass is 32.2. The number of anilines is 1. The number of nitrogens with zero attached hydrogens (tertiary/aromatic N) is 4. The van der Waals surface area contributed by atoms with Crippen molar-refractivity contribution < 1.29 is 13.2 Å². The first kappa shape index (κ1) is 17.2. The van der Waals surface area contributed by atoms with Crippen LogP contribution in [0.5, 0.6) is 5.75 Å². The Balaban J connectivity index is 2.01. The Kier molecular flexibility index (Phi) is 4.63. The molecule has 3 rings (SSSR count). The largest absolute Gasteiger partial charge is 0.494 e. The molecular weight excluding hydrogens is 340 g/mol. The molecule has 0 atom stereocenters. The second-order valence-corrected chi connectivity index (χ2v) is 7.30. The third-order valence-electron chi connectivity index (χ3n) is 3.86. The van der Waals surface area contributed by atoms with E-state index in [-0.39, 0.29) is 4.90 Å². The number of rotatable bonds is 6. The lowest BCUT2D eigenvalue weighted by Gasteiger charge is -2.23. The van der Waals surface area contributed by atoms with Crippen LogP contribution in [0, 0.1) is 6.92 Å². The molecule has 0 unspecified atom stereocenters. The van der Waals surface area contributed by atoms with Crippen LogP contribution in [0.1, 0.15) is 19.7 Å². The Morgan fingerprint density at radius 2 is 1.80 bits per heavy atom. The smallest absolute Gasteiger partial charge is 0.265 e. The number of ether oxygens (including phenoxy) is 1. The minimum Gasteiger partial charge on any atom is -0.494 e. The lowest BCUT2D eigenvalue weighted by atomic mass is 10.3. The van der Waals surface area contributed by atoms with E-state index < -0.39 is 10.0 Å². The summed E-state index contributed by atoms with van der Waals surface area (Å²) < 4.78 is 34.6. The Hall–Kier alpha value is -2.61. The molecule has 0 amide bonds. The molecule has 0 radical (unpaired) electrons. The first-order chi connectivity index (χ1) is 12.0. The first-order valence-corrected chi connectivity index (χ1v) is 9.48. The van der Waals surface area contributed by atoms with Crippen molar-refractivity contribution in [2.45, 2.75) is 25.7 Å². The molecule has 8 heteroatoms. The molecule has 0 saturated carbocycles. The standard InChI is InChI=1S/C17H20N4O3S/c1-4-21(14-6-8-15(9-7-14)24-5-2)25(22,23)16-10-11-17-19-18-13(3)20(17)12-16/h6-12H,4-5H2,1-3H3. The van der Waals surface area contributed by atoms with Crippen LogP contribution in [-0.4, -0.2) is 36.2 Å². The fourth-order valence-corrected chi connectivity index (χ4v) is 4.10. The summed E-state index contributed by atoms with van der Waals surface area (Å²) in [6.07, 6.45) is 1.55. The van der Waals surface area contributed by atoms with Gasteiger partial charge in [-0.3, -0.25) is 8.71 Å². The van der Waals surface area contributed by atoms with E-state index in [9.17, 15) is 8.42 Å². The first-order valence-electron chi connectivity index (χ1n) is 8.04. The zero-order chi connectivity index (χ0) is 18.0. The van der Waals surface area contributed by atoms with Crippen LogP contribution in [0.3, 0.4) is 0 Å². The van der Waals surface area contributed by atoms with Crippen molar-refractivity contribution in [3.8, 4) is 5.75 Å². The van der Waals surface area contributed by atoms with Crippen LogP contribution in [0.4, 0.5) is 5.69 Å². The molecule has 132 valence electrons. The van der Waals surface area contributed by atoms with Crippen molar-refractivity contribution >= 4 is 21.4 Å². The summed E-state index contributed by atoms with van der Waals surface area (Å²) in [4.78, 5) is 0.193. The second-order valence-electron chi connectivity index (χ2n) is 5.44. The van der Waals surface area contributed by atoms with Gasteiger partial charge in [0.2, 0.25) is 0 Å². The summed E-state index contributed by atoms with van der Waals surface area (Å²) in [6, 6.07) is 10.2. The predicted octanol–water partition coefficient (Wildman–Crippen LogP) is 2.65. The summed E-state index contributed by atoms with van der Waals surface area (Å²) >= 11 is 0. The lowest BCUT2D eigenvalue weighted by molar-refractivity contribution is 0.340. The summed E-state index contributed by atoms with van der Waals surface area (Å²) in [5.74, 6) is 1.34. The van der Waals surface area contributed by atoms with Gasteiger partial charge >= 0.3 is 0 Å². The van der Waals surface area contributed by atoms with Gasteiger partial charge in [-0.25, -0.2) is 8.42 Å². The molecule has 1 aromatic carbocycles. The average Bonchev–Trinajstić information content (AvgIpc) is 2.98. The summed E-state index contributed by atoms with van der Waals surface area (Å²) in [6.45, 7) is 6.36. The fourth-order valence-electron chi connectivity index (χ4n) is 2.63. The van der Waals surface area contributed by atoms with Gasteiger partial charge in [-0.15, -0.1) is 10.2 Å². The SMILES string of the molecule is CCOc1ccc(N(CC)S(=O)(=O)c2ccc3nnc(C)n3c2)cc1. The van der Waals surface area contributed by atoms with E-state index in [2.05, 4.69) is 10.2 Å². The molecule has 0 spiro atoms. The highest BCUT2D eigenvalue weighted by Gasteiger charge is 2.24. The topological polar surface area (TPSA) is 76.8 Å². The van der Waals surface area contributed by atoms with E-state index >= 15 is 0 Å². The molecular formula is C17H20N4O3S. The maximum absolute atomic E-state index is 13.1. The molecule has 3 aromatic rings. The van der Waals surface area contributed by atoms with Crippen molar-refractivity contribution in [3.63, 3.8) is 0 Å². The molecule has 0 N–H and O–H groups in total. The van der Waals surface area contributed by atoms with Crippen LogP contribution in [0.2, 0.25) is 0 Å². The van der Waals surface area contributed by atoms with Crippen molar-refractivity contribution in [3.05, 3.63) is 48.4 Å². The summed E-state index contributed by atoms with van der Waals surface area (Å²) in [5.41, 5.74) is 1.20. The zero-order valence-corrected chi connectivity index (χ0v) is 15.2. The fraction of sp³-hybridized carbons (Fsp3) is 0.294. The van der Waals surface area contributed by atoms with Gasteiger partial charge in [-0.05, 0) is 57.2 Å². The van der Waals surface area contributed by atoms with Crippen LogP contribution < -0.4 is 9.04 Å². The quantitative estimate of drug-likeness (QED) is 0.675. The van der Waals surface area contributed by atoms with Crippen LogP contribution in [0.25, 0.3) is 5.65 Å². The third kappa shape index (κ3) is 3.17. The van der Waals surface area contributed by atoms with Gasteiger partial charge in [0.05, 0.1) is 12.3 Å². The summed E-state index contributed by atoms with van der Waals surface area (Å²) in [5, 5.41) is 7.94. The van der Waals surface area contributed by atoms with Crippen LogP contribution >= 0.6 is 0 Å². The molecule has 0 aliphatic rings. The van der Waals surface area contributed by atoms with Crippen molar-refractivity contribution in [2.75, 3.05) is 17.5 Å². The molecule has 0 aliphatic heterocycles. The van der Waals surface area contributed by atoms with Gasteiger partial charge in [-0.1, -0.05) is 0 Å². The third-order valence-corrected chi connectivity index (χ3v) is 5.74. The van der Waals surface area contributed by atoms with E-state index in [1.54, 1.807) is 60.8 Å². The predicted molar refractivity (Wildman–Crippen MR) is 95.5 cm³/mol. The highest BCUT2D eigenvalue weighted by molar-refractivity contribution is 7.92. The van der Waals surface area contributed by atoms with E-state index in [0.717, 1.165) is 0 Å². The van der Waals surface area contributed by atoms with Crippen molar-refractivity contribution in [2.24, 2.45) is 0 Å². The maximum atomic E-state index is 13.1. The number of hydrogen-bond acceptors (Lipinski definition) is 5. The minimum absolute atomic E-state index is 0.193. The monoisotopic (exact) mass is 360 g/mol. The van der Waals surface area contributed by atoms with Gasteiger partial charge in [0.15, 0.2) is 5.65 Å². The van der Waals surface area contributed by atoms with Crippen LogP contribution in [0.15, 0.2) is 47.5 Å². The maximum Gasteiger partial charge on any atom is 0.265 e. The Morgan fingerprint density at radius 3 is 2.44 bits per heavy atom.